The Hall–Kier alpha value is -3.35. The van der Waals surface area contributed by atoms with Crippen LogP contribution in [0.1, 0.15) is 29.9 Å². The van der Waals surface area contributed by atoms with Crippen LogP contribution in [-0.2, 0) is 4.79 Å². The number of hydrogen-bond acceptors (Lipinski definition) is 4. The SMILES string of the molecule is Cc1ccc(NC(=O)C(C)C)cc1NC(=O)c1cc(-c2ccco2)[nH]n1. The first-order valence-electron chi connectivity index (χ1n) is 8.26. The summed E-state index contributed by atoms with van der Waals surface area (Å²) < 4.78 is 5.28. The highest BCUT2D eigenvalue weighted by Gasteiger charge is 2.15. The zero-order valence-corrected chi connectivity index (χ0v) is 14.8. The number of furan rings is 1. The molecule has 2 aromatic heterocycles. The van der Waals surface area contributed by atoms with Gasteiger partial charge in [0.25, 0.3) is 5.91 Å². The Morgan fingerprint density at radius 2 is 1.96 bits per heavy atom. The highest BCUT2D eigenvalue weighted by atomic mass is 16.3. The molecule has 0 aliphatic heterocycles. The maximum Gasteiger partial charge on any atom is 0.276 e. The molecule has 3 aromatic rings. The Kier molecular flexibility index (Phi) is 4.88. The average molecular weight is 352 g/mol. The fourth-order valence-electron chi connectivity index (χ4n) is 2.30. The van der Waals surface area contributed by atoms with Crippen molar-refractivity contribution in [1.82, 2.24) is 10.2 Å². The molecule has 0 saturated carbocycles. The number of H-pyrrole nitrogens is 1. The van der Waals surface area contributed by atoms with Crippen LogP contribution < -0.4 is 10.6 Å². The number of benzene rings is 1. The number of anilines is 2. The van der Waals surface area contributed by atoms with E-state index in [-0.39, 0.29) is 23.4 Å². The van der Waals surface area contributed by atoms with Gasteiger partial charge in [-0.3, -0.25) is 14.7 Å². The molecule has 0 unspecified atom stereocenters. The molecule has 0 aliphatic carbocycles. The Morgan fingerprint density at radius 1 is 1.15 bits per heavy atom. The smallest absolute Gasteiger partial charge is 0.276 e. The van der Waals surface area contributed by atoms with Gasteiger partial charge in [-0.05, 0) is 36.8 Å². The average Bonchev–Trinajstić information content (AvgIpc) is 3.28. The summed E-state index contributed by atoms with van der Waals surface area (Å²) in [5, 5.41) is 12.4. The molecular formula is C19H20N4O3. The molecule has 3 N–H and O–H groups in total. The van der Waals surface area contributed by atoms with Gasteiger partial charge in [-0.2, -0.15) is 5.10 Å². The van der Waals surface area contributed by atoms with Crippen LogP contribution in [0.4, 0.5) is 11.4 Å². The van der Waals surface area contributed by atoms with Crippen molar-refractivity contribution in [2.24, 2.45) is 5.92 Å². The van der Waals surface area contributed by atoms with Crippen LogP contribution in [0, 0.1) is 12.8 Å². The molecule has 0 bridgehead atoms. The summed E-state index contributed by atoms with van der Waals surface area (Å²) >= 11 is 0. The van der Waals surface area contributed by atoms with Gasteiger partial charge >= 0.3 is 0 Å². The van der Waals surface area contributed by atoms with Gasteiger partial charge in [0.15, 0.2) is 11.5 Å². The summed E-state index contributed by atoms with van der Waals surface area (Å²) in [6, 6.07) is 10.5. The maximum atomic E-state index is 12.5. The molecule has 3 rings (SSSR count). The lowest BCUT2D eigenvalue weighted by Crippen LogP contribution is -2.18. The Morgan fingerprint density at radius 3 is 2.65 bits per heavy atom. The number of carbonyl (C=O) groups is 2. The van der Waals surface area contributed by atoms with E-state index in [1.807, 2.05) is 26.8 Å². The van der Waals surface area contributed by atoms with Gasteiger partial charge in [0.05, 0.1) is 6.26 Å². The number of rotatable bonds is 5. The molecule has 26 heavy (non-hydrogen) atoms. The first-order valence-corrected chi connectivity index (χ1v) is 8.26. The second-order valence-electron chi connectivity index (χ2n) is 6.27. The number of aromatic amines is 1. The number of carbonyl (C=O) groups excluding carboxylic acids is 2. The van der Waals surface area contributed by atoms with E-state index in [2.05, 4.69) is 20.8 Å². The number of nitrogens with zero attached hydrogens (tertiary/aromatic N) is 1. The number of hydrogen-bond donors (Lipinski definition) is 3. The van der Waals surface area contributed by atoms with Crippen LogP contribution in [0.25, 0.3) is 11.5 Å². The van der Waals surface area contributed by atoms with Gasteiger partial charge in [-0.1, -0.05) is 19.9 Å². The van der Waals surface area contributed by atoms with E-state index in [0.717, 1.165) is 5.56 Å². The zero-order valence-electron chi connectivity index (χ0n) is 14.8. The van der Waals surface area contributed by atoms with E-state index in [4.69, 9.17) is 4.42 Å². The molecule has 7 nitrogen and oxygen atoms in total. The van der Waals surface area contributed by atoms with Crippen molar-refractivity contribution in [3.63, 3.8) is 0 Å². The standard InChI is InChI=1S/C19H20N4O3/c1-11(2)18(24)20-13-7-6-12(3)14(9-13)21-19(25)16-10-15(22-23-16)17-5-4-8-26-17/h4-11H,1-3H3,(H,20,24)(H,21,25)(H,22,23). The molecular weight excluding hydrogens is 332 g/mol. The van der Waals surface area contributed by atoms with Crippen LogP contribution in [0.3, 0.4) is 0 Å². The van der Waals surface area contributed by atoms with Crippen LogP contribution in [-0.4, -0.2) is 22.0 Å². The minimum Gasteiger partial charge on any atom is -0.463 e. The Balaban J connectivity index is 1.75. The van der Waals surface area contributed by atoms with Crippen molar-refractivity contribution in [3.8, 4) is 11.5 Å². The van der Waals surface area contributed by atoms with Crippen molar-refractivity contribution >= 4 is 23.2 Å². The number of nitrogens with one attached hydrogen (secondary N) is 3. The Bertz CT molecular complexity index is 926. The molecule has 0 radical (unpaired) electrons. The maximum absolute atomic E-state index is 12.5. The quantitative estimate of drug-likeness (QED) is 0.650. The van der Waals surface area contributed by atoms with Crippen molar-refractivity contribution < 1.29 is 14.0 Å². The summed E-state index contributed by atoms with van der Waals surface area (Å²) in [4.78, 5) is 24.3. The molecule has 0 atom stereocenters. The lowest BCUT2D eigenvalue weighted by molar-refractivity contribution is -0.118. The monoisotopic (exact) mass is 352 g/mol. The molecule has 0 saturated heterocycles. The second kappa shape index (κ2) is 7.26. The van der Waals surface area contributed by atoms with E-state index >= 15 is 0 Å². The van der Waals surface area contributed by atoms with Crippen LogP contribution in [0.15, 0.2) is 47.1 Å². The first kappa shape index (κ1) is 17.5. The van der Waals surface area contributed by atoms with Gasteiger partial charge in [-0.25, -0.2) is 0 Å². The first-order chi connectivity index (χ1) is 12.4. The highest BCUT2D eigenvalue weighted by Crippen LogP contribution is 2.22. The fourth-order valence-corrected chi connectivity index (χ4v) is 2.30. The van der Waals surface area contributed by atoms with Gasteiger partial charge in [0.2, 0.25) is 5.91 Å². The molecule has 7 heteroatoms. The van der Waals surface area contributed by atoms with E-state index in [0.29, 0.717) is 22.8 Å². The topological polar surface area (TPSA) is 100 Å². The van der Waals surface area contributed by atoms with Crippen molar-refractivity contribution in [2.45, 2.75) is 20.8 Å². The normalized spacial score (nSPS) is 10.8. The molecule has 0 fully saturated rings. The molecule has 134 valence electrons. The van der Waals surface area contributed by atoms with Crippen molar-refractivity contribution in [2.75, 3.05) is 10.6 Å². The largest absolute Gasteiger partial charge is 0.463 e. The third-order valence-corrected chi connectivity index (χ3v) is 3.87. The van der Waals surface area contributed by atoms with E-state index in [1.54, 1.807) is 36.6 Å². The van der Waals surface area contributed by atoms with Gasteiger partial charge < -0.3 is 15.1 Å². The van der Waals surface area contributed by atoms with Gasteiger partial charge in [-0.15, -0.1) is 0 Å². The van der Waals surface area contributed by atoms with E-state index in [1.165, 1.54) is 0 Å². The third kappa shape index (κ3) is 3.83. The predicted octanol–water partition coefficient (Wildman–Crippen LogP) is 3.82. The second-order valence-corrected chi connectivity index (χ2v) is 6.27. The molecule has 0 aliphatic rings. The highest BCUT2D eigenvalue weighted by molar-refractivity contribution is 6.04. The lowest BCUT2D eigenvalue weighted by Gasteiger charge is -2.12. The van der Waals surface area contributed by atoms with Gasteiger partial charge in [0.1, 0.15) is 5.69 Å². The molecule has 2 amide bonds. The van der Waals surface area contributed by atoms with Crippen molar-refractivity contribution in [3.05, 3.63) is 53.9 Å². The van der Waals surface area contributed by atoms with Crippen LogP contribution in [0.5, 0.6) is 0 Å². The molecule has 1 aromatic carbocycles. The number of aryl methyl sites for hydroxylation is 1. The van der Waals surface area contributed by atoms with E-state index < -0.39 is 0 Å². The van der Waals surface area contributed by atoms with Crippen LogP contribution >= 0.6 is 0 Å². The predicted molar refractivity (Wildman–Crippen MR) is 98.9 cm³/mol. The van der Waals surface area contributed by atoms with Crippen molar-refractivity contribution in [1.29, 1.82) is 0 Å². The zero-order chi connectivity index (χ0) is 18.7. The Labute approximate surface area is 150 Å². The van der Waals surface area contributed by atoms with Crippen LogP contribution in [0.2, 0.25) is 0 Å². The summed E-state index contributed by atoms with van der Waals surface area (Å²) in [5.74, 6) is 0.0422. The third-order valence-electron chi connectivity index (χ3n) is 3.87. The minimum atomic E-state index is -0.352. The van der Waals surface area contributed by atoms with Gasteiger partial charge in [0, 0.05) is 23.4 Å². The number of amides is 2. The lowest BCUT2D eigenvalue weighted by atomic mass is 10.1. The summed E-state index contributed by atoms with van der Waals surface area (Å²) in [5.41, 5.74) is 2.98. The summed E-state index contributed by atoms with van der Waals surface area (Å²) in [7, 11) is 0. The summed E-state index contributed by atoms with van der Waals surface area (Å²) in [6.07, 6.45) is 1.55. The number of aromatic nitrogens is 2. The fraction of sp³-hybridized carbons (Fsp3) is 0.211. The summed E-state index contributed by atoms with van der Waals surface area (Å²) in [6.45, 7) is 5.52. The molecule has 2 heterocycles. The van der Waals surface area contributed by atoms with E-state index in [9.17, 15) is 9.59 Å². The minimum absolute atomic E-state index is 0.0819. The molecule has 0 spiro atoms.